The van der Waals surface area contributed by atoms with E-state index in [1.807, 2.05) is 0 Å². The van der Waals surface area contributed by atoms with Crippen LogP contribution in [0.25, 0.3) is 0 Å². The van der Waals surface area contributed by atoms with Crippen LogP contribution >= 0.6 is 11.3 Å². The van der Waals surface area contributed by atoms with Crippen molar-refractivity contribution >= 4 is 33.1 Å². The molecule has 0 unspecified atom stereocenters. The molecular weight excluding hydrogens is 369 g/mol. The Hall–Kier alpha value is -2.10. The van der Waals surface area contributed by atoms with Crippen LogP contribution in [0, 0.1) is 5.82 Å². The average Bonchev–Trinajstić information content (AvgIpc) is 3.10. The van der Waals surface area contributed by atoms with Crippen LogP contribution < -0.4 is 4.72 Å². The zero-order chi connectivity index (χ0) is 18.4. The number of halogens is 1. The highest BCUT2D eigenvalue weighted by molar-refractivity contribution is 7.91. The van der Waals surface area contributed by atoms with Crippen LogP contribution in [-0.4, -0.2) is 32.8 Å². The molecule has 0 radical (unpaired) electrons. The second-order valence-electron chi connectivity index (χ2n) is 5.08. The fourth-order valence-corrected chi connectivity index (χ4v) is 4.00. The zero-order valence-corrected chi connectivity index (χ0v) is 14.9. The summed E-state index contributed by atoms with van der Waals surface area (Å²) in [5.74, 6) is -1.65. The lowest BCUT2D eigenvalue weighted by Crippen LogP contribution is -2.29. The second-order valence-corrected chi connectivity index (χ2v) is 8.02. The molecule has 9 heteroatoms. The van der Waals surface area contributed by atoms with E-state index in [9.17, 15) is 22.4 Å². The number of ketones is 1. The molecule has 0 aliphatic heterocycles. The Bertz CT molecular complexity index is 832. The van der Waals surface area contributed by atoms with E-state index in [2.05, 4.69) is 4.72 Å². The molecule has 1 heterocycles. The normalized spacial score (nSPS) is 12.6. The van der Waals surface area contributed by atoms with Crippen LogP contribution in [0.1, 0.15) is 23.7 Å². The molecular formula is C16H16FNO5S2. The van der Waals surface area contributed by atoms with Gasteiger partial charge in [-0.05, 0) is 42.6 Å². The summed E-state index contributed by atoms with van der Waals surface area (Å²) < 4.78 is 44.0. The summed E-state index contributed by atoms with van der Waals surface area (Å²) >= 11 is 1.06. The first-order valence-electron chi connectivity index (χ1n) is 7.32. The minimum absolute atomic E-state index is 0.142. The lowest BCUT2D eigenvalue weighted by atomic mass is 10.1. The van der Waals surface area contributed by atoms with E-state index in [0.717, 1.165) is 23.5 Å². The quantitative estimate of drug-likeness (QED) is 0.557. The summed E-state index contributed by atoms with van der Waals surface area (Å²) in [6.45, 7) is 1.26. The number of benzene rings is 1. The number of carbonyl (C=O) groups is 2. The van der Waals surface area contributed by atoms with E-state index >= 15 is 0 Å². The summed E-state index contributed by atoms with van der Waals surface area (Å²) in [5, 5.41) is 1.63. The fourth-order valence-electron chi connectivity index (χ4n) is 1.93. The Labute approximate surface area is 148 Å². The van der Waals surface area contributed by atoms with Gasteiger partial charge in [0.25, 0.3) is 0 Å². The molecule has 0 spiro atoms. The van der Waals surface area contributed by atoms with Gasteiger partial charge in [0.15, 0.2) is 6.10 Å². The van der Waals surface area contributed by atoms with Crippen LogP contribution in [0.2, 0.25) is 0 Å². The Balaban J connectivity index is 1.81. The first-order chi connectivity index (χ1) is 11.8. The maximum absolute atomic E-state index is 12.8. The molecule has 0 bridgehead atoms. The molecule has 0 amide bonds. The molecule has 0 aliphatic rings. The van der Waals surface area contributed by atoms with Gasteiger partial charge in [-0.1, -0.05) is 6.07 Å². The molecule has 6 nitrogen and oxygen atoms in total. The van der Waals surface area contributed by atoms with Gasteiger partial charge in [-0.3, -0.25) is 9.59 Å². The predicted molar refractivity (Wildman–Crippen MR) is 90.4 cm³/mol. The van der Waals surface area contributed by atoms with Gasteiger partial charge in [-0.15, -0.1) is 11.3 Å². The Kier molecular flexibility index (Phi) is 6.40. The van der Waals surface area contributed by atoms with E-state index in [-0.39, 0.29) is 22.7 Å². The monoisotopic (exact) mass is 385 g/mol. The van der Waals surface area contributed by atoms with Gasteiger partial charge in [0.1, 0.15) is 10.0 Å². The number of ether oxygens (including phenoxy) is 1. The largest absolute Gasteiger partial charge is 0.454 e. The van der Waals surface area contributed by atoms with Crippen LogP contribution in [0.15, 0.2) is 46.0 Å². The Morgan fingerprint density at radius 1 is 1.24 bits per heavy atom. The maximum Gasteiger partial charge on any atom is 0.307 e. The van der Waals surface area contributed by atoms with Crippen LogP contribution in [0.5, 0.6) is 0 Å². The van der Waals surface area contributed by atoms with Gasteiger partial charge < -0.3 is 4.74 Å². The number of carbonyl (C=O) groups excluding carboxylic acids is 2. The first kappa shape index (κ1) is 19.2. The molecule has 2 aromatic rings. The van der Waals surface area contributed by atoms with Crippen molar-refractivity contribution in [2.24, 2.45) is 0 Å². The van der Waals surface area contributed by atoms with Gasteiger partial charge >= 0.3 is 5.97 Å². The van der Waals surface area contributed by atoms with E-state index < -0.39 is 33.7 Å². The number of rotatable bonds is 8. The van der Waals surface area contributed by atoms with Gasteiger partial charge in [0, 0.05) is 12.1 Å². The van der Waals surface area contributed by atoms with Crippen molar-refractivity contribution in [3.63, 3.8) is 0 Å². The van der Waals surface area contributed by atoms with Crippen molar-refractivity contribution in [1.29, 1.82) is 0 Å². The molecule has 2 rings (SSSR count). The number of sulfonamides is 1. The Morgan fingerprint density at radius 3 is 2.52 bits per heavy atom. The third-order valence-electron chi connectivity index (χ3n) is 3.19. The third kappa shape index (κ3) is 5.45. The summed E-state index contributed by atoms with van der Waals surface area (Å²) in [4.78, 5) is 23.8. The van der Waals surface area contributed by atoms with Gasteiger partial charge in [0.2, 0.25) is 15.8 Å². The molecule has 0 aliphatic carbocycles. The van der Waals surface area contributed by atoms with E-state index in [4.69, 9.17) is 4.74 Å². The molecule has 1 aromatic carbocycles. The number of Topliss-reactive ketones (excluding diaryl/α,β-unsaturated/α-hetero) is 1. The van der Waals surface area contributed by atoms with Crippen molar-refractivity contribution in [1.82, 2.24) is 4.72 Å². The minimum atomic E-state index is -3.65. The lowest BCUT2D eigenvalue weighted by Gasteiger charge is -2.12. The number of nitrogens with one attached hydrogen (secondary N) is 1. The van der Waals surface area contributed by atoms with Crippen molar-refractivity contribution in [3.8, 4) is 0 Å². The van der Waals surface area contributed by atoms with Crippen molar-refractivity contribution in [2.45, 2.75) is 23.7 Å². The summed E-state index contributed by atoms with van der Waals surface area (Å²) in [6, 6.07) is 7.95. The fraction of sp³-hybridized carbons (Fsp3) is 0.250. The Morgan fingerprint density at radius 2 is 1.92 bits per heavy atom. The molecule has 25 heavy (non-hydrogen) atoms. The molecule has 0 fully saturated rings. The third-order valence-corrected chi connectivity index (χ3v) is 6.05. The van der Waals surface area contributed by atoms with E-state index in [1.54, 1.807) is 11.4 Å². The van der Waals surface area contributed by atoms with Crippen molar-refractivity contribution < 1.29 is 27.1 Å². The minimum Gasteiger partial charge on any atom is -0.454 e. The maximum atomic E-state index is 12.8. The lowest BCUT2D eigenvalue weighted by molar-refractivity contribution is -0.146. The van der Waals surface area contributed by atoms with Gasteiger partial charge in [-0.2, -0.15) is 0 Å². The van der Waals surface area contributed by atoms with Crippen LogP contribution in [-0.2, 0) is 19.6 Å². The van der Waals surface area contributed by atoms with E-state index in [0.29, 0.717) is 0 Å². The highest BCUT2D eigenvalue weighted by atomic mass is 32.2. The van der Waals surface area contributed by atoms with Crippen LogP contribution in [0.3, 0.4) is 0 Å². The van der Waals surface area contributed by atoms with Crippen molar-refractivity contribution in [2.75, 3.05) is 6.54 Å². The number of hydrogen-bond acceptors (Lipinski definition) is 6. The van der Waals surface area contributed by atoms with E-state index in [1.165, 1.54) is 25.1 Å². The molecule has 1 aromatic heterocycles. The van der Waals surface area contributed by atoms with Crippen LogP contribution in [0.4, 0.5) is 4.39 Å². The summed E-state index contributed by atoms with van der Waals surface area (Å²) in [7, 11) is -3.65. The number of esters is 1. The summed E-state index contributed by atoms with van der Waals surface area (Å²) in [6.07, 6.45) is -1.27. The standard InChI is InChI=1S/C16H16FNO5S2/c1-11(16(20)12-4-6-13(17)7-5-12)23-14(19)8-9-18-25(21,22)15-3-2-10-24-15/h2-7,10-11,18H,8-9H2,1H3/t11-/m0/s1. The molecule has 1 atom stereocenters. The van der Waals surface area contributed by atoms with Crippen molar-refractivity contribution in [3.05, 3.63) is 53.2 Å². The molecule has 0 saturated heterocycles. The molecule has 1 N–H and O–H groups in total. The van der Waals surface area contributed by atoms with Gasteiger partial charge in [0.05, 0.1) is 6.42 Å². The second kappa shape index (κ2) is 8.32. The highest BCUT2D eigenvalue weighted by Crippen LogP contribution is 2.15. The predicted octanol–water partition coefficient (Wildman–Crippen LogP) is 2.37. The zero-order valence-electron chi connectivity index (χ0n) is 13.3. The van der Waals surface area contributed by atoms with Gasteiger partial charge in [-0.25, -0.2) is 17.5 Å². The smallest absolute Gasteiger partial charge is 0.307 e. The first-order valence-corrected chi connectivity index (χ1v) is 9.68. The highest BCUT2D eigenvalue weighted by Gasteiger charge is 2.20. The summed E-state index contributed by atoms with van der Waals surface area (Å²) in [5.41, 5.74) is 0.222. The molecule has 134 valence electrons. The molecule has 0 saturated carbocycles. The number of hydrogen-bond donors (Lipinski definition) is 1. The topological polar surface area (TPSA) is 89.5 Å². The number of thiophene rings is 1. The average molecular weight is 385 g/mol. The SMILES string of the molecule is C[C@H](OC(=O)CCNS(=O)(=O)c1cccs1)C(=O)c1ccc(F)cc1.